The van der Waals surface area contributed by atoms with Crippen LogP contribution in [0.2, 0.25) is 15.3 Å². The van der Waals surface area contributed by atoms with Crippen LogP contribution in [0.5, 0.6) is 0 Å². The molecule has 1 N–H and O–H groups in total. The molecule has 1 atom stereocenters. The number of halogens is 3. The minimum atomic E-state index is -0.300. The zero-order valence-corrected chi connectivity index (χ0v) is 20.0. The van der Waals surface area contributed by atoms with E-state index in [4.69, 9.17) is 34.8 Å². The van der Waals surface area contributed by atoms with Crippen LogP contribution >= 0.6 is 34.8 Å². The van der Waals surface area contributed by atoms with Gasteiger partial charge in [0.2, 0.25) is 5.28 Å². The largest absolute Gasteiger partial charge is 0.355 e. The first-order chi connectivity index (χ1) is 15.7. The average Bonchev–Trinajstić information content (AvgIpc) is 2.80. The lowest BCUT2D eigenvalue weighted by atomic mass is 9.98. The van der Waals surface area contributed by atoms with E-state index in [0.717, 1.165) is 0 Å². The van der Waals surface area contributed by atoms with Gasteiger partial charge in [-0.1, -0.05) is 23.2 Å². The van der Waals surface area contributed by atoms with Gasteiger partial charge in [-0.05, 0) is 67.4 Å². The molecule has 2 aromatic carbocycles. The van der Waals surface area contributed by atoms with Gasteiger partial charge in [0.25, 0.3) is 17.4 Å². The smallest absolute Gasteiger partial charge is 0.262 e. The van der Waals surface area contributed by atoms with E-state index in [0.29, 0.717) is 44.5 Å². The number of benzene rings is 2. The third-order valence-electron chi connectivity index (χ3n) is 5.62. The summed E-state index contributed by atoms with van der Waals surface area (Å²) in [6.07, 6.45) is 0.321. The number of carbonyl (C=O) groups excluding carboxylic acids is 2. The maximum atomic E-state index is 13.3. The lowest BCUT2D eigenvalue weighted by Gasteiger charge is -2.34. The summed E-state index contributed by atoms with van der Waals surface area (Å²) in [7, 11) is 1.54. The highest BCUT2D eigenvalue weighted by Gasteiger charge is 2.31. The second-order valence-corrected chi connectivity index (χ2v) is 8.84. The molecule has 1 aliphatic heterocycles. The number of nitrogens with zero attached hydrogens (tertiary/aromatic N) is 3. The van der Waals surface area contributed by atoms with E-state index in [1.165, 1.54) is 10.6 Å². The standard InChI is InChI=1S/C23H19Cl3N4O3/c1-12-9-16-19(11-29(12)21(32)14-5-8-17(24)18(25)10-14)28-23(26)30(22(16)33)15-6-3-13(4-7-15)20(31)27-2/h3-8,10,12H,9,11H2,1-2H3,(H,27,31). The highest BCUT2D eigenvalue weighted by molar-refractivity contribution is 6.42. The zero-order chi connectivity index (χ0) is 23.9. The van der Waals surface area contributed by atoms with Crippen LogP contribution in [0.1, 0.15) is 38.9 Å². The van der Waals surface area contributed by atoms with Gasteiger partial charge in [0, 0.05) is 29.8 Å². The Morgan fingerprint density at radius 1 is 1.03 bits per heavy atom. The first-order valence-corrected chi connectivity index (χ1v) is 11.2. The van der Waals surface area contributed by atoms with Crippen molar-refractivity contribution in [3.8, 4) is 5.69 Å². The molecule has 0 spiro atoms. The number of aromatic nitrogens is 2. The van der Waals surface area contributed by atoms with Crippen LogP contribution in [0.4, 0.5) is 0 Å². The summed E-state index contributed by atoms with van der Waals surface area (Å²) in [5.74, 6) is -0.470. The van der Waals surface area contributed by atoms with Crippen molar-refractivity contribution in [1.29, 1.82) is 0 Å². The molecule has 2 heterocycles. The van der Waals surface area contributed by atoms with E-state index in [1.54, 1.807) is 48.3 Å². The molecule has 0 radical (unpaired) electrons. The predicted octanol–water partition coefficient (Wildman–Crippen LogP) is 4.14. The molecule has 0 saturated heterocycles. The molecular formula is C23H19Cl3N4O3. The lowest BCUT2D eigenvalue weighted by Crippen LogP contribution is -2.45. The lowest BCUT2D eigenvalue weighted by molar-refractivity contribution is 0.0653. The monoisotopic (exact) mass is 504 g/mol. The molecule has 0 saturated carbocycles. The Labute approximate surface area is 204 Å². The van der Waals surface area contributed by atoms with Crippen LogP contribution in [0.3, 0.4) is 0 Å². The van der Waals surface area contributed by atoms with Crippen molar-refractivity contribution in [2.75, 3.05) is 7.05 Å². The number of rotatable bonds is 3. The molecular weight excluding hydrogens is 487 g/mol. The molecule has 3 aromatic rings. The fraction of sp³-hybridized carbons (Fsp3) is 0.217. The van der Waals surface area contributed by atoms with Crippen molar-refractivity contribution < 1.29 is 9.59 Å². The van der Waals surface area contributed by atoms with Crippen molar-refractivity contribution in [3.63, 3.8) is 0 Å². The Hall–Kier alpha value is -2.87. The van der Waals surface area contributed by atoms with Crippen LogP contribution in [-0.2, 0) is 13.0 Å². The summed E-state index contributed by atoms with van der Waals surface area (Å²) in [4.78, 5) is 44.2. The van der Waals surface area contributed by atoms with Gasteiger partial charge in [-0.15, -0.1) is 0 Å². The van der Waals surface area contributed by atoms with Crippen LogP contribution in [0, 0.1) is 0 Å². The summed E-state index contributed by atoms with van der Waals surface area (Å²) in [6, 6.07) is 10.9. The predicted molar refractivity (Wildman–Crippen MR) is 128 cm³/mol. The van der Waals surface area contributed by atoms with Gasteiger partial charge in [-0.3, -0.25) is 19.0 Å². The summed E-state index contributed by atoms with van der Waals surface area (Å²) in [6.45, 7) is 2.01. The normalized spacial score (nSPS) is 15.2. The minimum Gasteiger partial charge on any atom is -0.355 e. The summed E-state index contributed by atoms with van der Waals surface area (Å²) < 4.78 is 1.30. The van der Waals surface area contributed by atoms with Crippen LogP contribution < -0.4 is 10.9 Å². The first-order valence-electron chi connectivity index (χ1n) is 10.1. The number of nitrogens with one attached hydrogen (secondary N) is 1. The summed E-state index contributed by atoms with van der Waals surface area (Å²) in [5, 5.41) is 3.18. The number of hydrogen-bond donors (Lipinski definition) is 1. The molecule has 1 unspecified atom stereocenters. The second-order valence-electron chi connectivity index (χ2n) is 7.69. The van der Waals surface area contributed by atoms with Crippen LogP contribution in [-0.4, -0.2) is 39.4 Å². The molecule has 2 amide bonds. The van der Waals surface area contributed by atoms with Gasteiger partial charge in [-0.2, -0.15) is 0 Å². The van der Waals surface area contributed by atoms with E-state index in [1.807, 2.05) is 6.92 Å². The molecule has 0 fully saturated rings. The molecule has 0 aliphatic carbocycles. The fourth-order valence-electron chi connectivity index (χ4n) is 3.83. The van der Waals surface area contributed by atoms with E-state index in [-0.39, 0.29) is 35.2 Å². The average molecular weight is 506 g/mol. The molecule has 10 heteroatoms. The number of amides is 2. The third-order valence-corrected chi connectivity index (χ3v) is 6.61. The van der Waals surface area contributed by atoms with E-state index < -0.39 is 0 Å². The molecule has 33 heavy (non-hydrogen) atoms. The highest BCUT2D eigenvalue weighted by atomic mass is 35.5. The maximum absolute atomic E-state index is 13.3. The van der Waals surface area contributed by atoms with Crippen LogP contribution in [0.25, 0.3) is 5.69 Å². The minimum absolute atomic E-state index is 0.0251. The second kappa shape index (κ2) is 9.17. The Bertz CT molecular complexity index is 1320. The quantitative estimate of drug-likeness (QED) is 0.542. The SMILES string of the molecule is CNC(=O)c1ccc(-n2c(Cl)nc3c(c2=O)CC(C)N(C(=O)c2ccc(Cl)c(Cl)c2)C3)cc1. The Morgan fingerprint density at radius 3 is 2.33 bits per heavy atom. The van der Waals surface area contributed by atoms with Gasteiger partial charge >= 0.3 is 0 Å². The topological polar surface area (TPSA) is 84.3 Å². The molecule has 0 bridgehead atoms. The van der Waals surface area contributed by atoms with E-state index in [9.17, 15) is 14.4 Å². The number of hydrogen-bond acceptors (Lipinski definition) is 4. The molecule has 170 valence electrons. The highest BCUT2D eigenvalue weighted by Crippen LogP contribution is 2.27. The molecule has 7 nitrogen and oxygen atoms in total. The van der Waals surface area contributed by atoms with Crippen molar-refractivity contribution in [1.82, 2.24) is 19.8 Å². The van der Waals surface area contributed by atoms with Crippen molar-refractivity contribution in [2.24, 2.45) is 0 Å². The van der Waals surface area contributed by atoms with Gasteiger partial charge < -0.3 is 10.2 Å². The Kier molecular flexibility index (Phi) is 6.47. The molecule has 1 aliphatic rings. The first kappa shape index (κ1) is 23.3. The fourth-order valence-corrected chi connectivity index (χ4v) is 4.40. The zero-order valence-electron chi connectivity index (χ0n) is 17.7. The number of fused-ring (bicyclic) bond motifs is 1. The summed E-state index contributed by atoms with van der Waals surface area (Å²) in [5.41, 5.74) is 2.01. The van der Waals surface area contributed by atoms with Gasteiger partial charge in [-0.25, -0.2) is 4.98 Å². The van der Waals surface area contributed by atoms with Crippen molar-refractivity contribution >= 4 is 46.6 Å². The third kappa shape index (κ3) is 4.36. The van der Waals surface area contributed by atoms with E-state index in [2.05, 4.69) is 10.3 Å². The van der Waals surface area contributed by atoms with Gasteiger partial charge in [0.1, 0.15) is 0 Å². The molecule has 4 rings (SSSR count). The Morgan fingerprint density at radius 2 is 1.70 bits per heavy atom. The Balaban J connectivity index is 1.68. The van der Waals surface area contributed by atoms with Crippen molar-refractivity contribution in [2.45, 2.75) is 25.9 Å². The number of carbonyl (C=O) groups is 2. The molecule has 1 aromatic heterocycles. The maximum Gasteiger partial charge on any atom is 0.262 e. The van der Waals surface area contributed by atoms with Crippen LogP contribution in [0.15, 0.2) is 47.3 Å². The summed E-state index contributed by atoms with van der Waals surface area (Å²) >= 11 is 18.4. The van der Waals surface area contributed by atoms with Gasteiger partial charge in [0.05, 0.1) is 28.0 Å². The van der Waals surface area contributed by atoms with E-state index >= 15 is 0 Å². The van der Waals surface area contributed by atoms with Gasteiger partial charge in [0.15, 0.2) is 0 Å². The van der Waals surface area contributed by atoms with Crippen molar-refractivity contribution in [3.05, 3.63) is 90.5 Å².